The first kappa shape index (κ1) is 21.6. The third kappa shape index (κ3) is 3.96. The molecule has 0 fully saturated rings. The van der Waals surface area contributed by atoms with Gasteiger partial charge in [0.25, 0.3) is 11.5 Å². The van der Waals surface area contributed by atoms with Crippen molar-refractivity contribution in [2.24, 2.45) is 0 Å². The molecule has 1 aromatic heterocycles. The Morgan fingerprint density at radius 3 is 2.47 bits per heavy atom. The summed E-state index contributed by atoms with van der Waals surface area (Å²) >= 11 is 0. The highest BCUT2D eigenvalue weighted by molar-refractivity contribution is 5.94. The standard InChI is InChI=1S/C27H25N3O4/c1-34-23-12-10-21(11-13-23)30-27(33)24-14-15-28(26(32)20-8-5-9-22(31)16-20)18-25(24)29(30)17-19-6-3-2-4-7-19/h2-13,16,31H,14-15,17-18H2,1H3. The number of ether oxygens (including phenoxy) is 1. The molecule has 4 aromatic rings. The lowest BCUT2D eigenvalue weighted by molar-refractivity contribution is 0.0729. The van der Waals surface area contributed by atoms with Crippen molar-refractivity contribution in [1.82, 2.24) is 14.3 Å². The quantitative estimate of drug-likeness (QED) is 0.499. The van der Waals surface area contributed by atoms with Crippen LogP contribution in [0.15, 0.2) is 83.7 Å². The fourth-order valence-electron chi connectivity index (χ4n) is 4.47. The van der Waals surface area contributed by atoms with Crippen LogP contribution >= 0.6 is 0 Å². The number of rotatable bonds is 5. The van der Waals surface area contributed by atoms with E-state index in [9.17, 15) is 14.7 Å². The van der Waals surface area contributed by atoms with E-state index in [4.69, 9.17) is 4.74 Å². The maximum atomic E-state index is 13.5. The van der Waals surface area contributed by atoms with Crippen LogP contribution in [0.3, 0.4) is 0 Å². The SMILES string of the molecule is COc1ccc(-n2c(=O)c3c(n2Cc2ccccc2)CN(C(=O)c2cccc(O)c2)CC3)cc1. The van der Waals surface area contributed by atoms with Crippen molar-refractivity contribution in [3.63, 3.8) is 0 Å². The second-order valence-electron chi connectivity index (χ2n) is 8.31. The van der Waals surface area contributed by atoms with Crippen LogP contribution in [0.5, 0.6) is 11.5 Å². The number of aromatic hydroxyl groups is 1. The van der Waals surface area contributed by atoms with Crippen LogP contribution in [-0.4, -0.2) is 38.9 Å². The van der Waals surface area contributed by atoms with Crippen LogP contribution in [0, 0.1) is 0 Å². The molecule has 172 valence electrons. The molecule has 7 heteroatoms. The molecule has 5 rings (SSSR count). The Kier molecular flexibility index (Phi) is 5.67. The minimum atomic E-state index is -0.169. The molecule has 1 amide bonds. The molecule has 0 unspecified atom stereocenters. The summed E-state index contributed by atoms with van der Waals surface area (Å²) < 4.78 is 8.94. The average Bonchev–Trinajstić information content (AvgIpc) is 3.15. The summed E-state index contributed by atoms with van der Waals surface area (Å²) in [6, 6.07) is 23.7. The molecule has 0 saturated carbocycles. The first-order valence-electron chi connectivity index (χ1n) is 11.2. The number of phenols is 1. The van der Waals surface area contributed by atoms with Gasteiger partial charge in [-0.3, -0.25) is 14.3 Å². The van der Waals surface area contributed by atoms with Gasteiger partial charge in [-0.05, 0) is 54.4 Å². The van der Waals surface area contributed by atoms with Crippen molar-refractivity contribution >= 4 is 5.91 Å². The van der Waals surface area contributed by atoms with Gasteiger partial charge in [-0.1, -0.05) is 36.4 Å². The maximum absolute atomic E-state index is 13.5. The van der Waals surface area contributed by atoms with E-state index in [0.717, 1.165) is 22.5 Å². The third-order valence-corrected chi connectivity index (χ3v) is 6.20. The zero-order chi connectivity index (χ0) is 23.7. The van der Waals surface area contributed by atoms with E-state index in [-0.39, 0.29) is 17.2 Å². The van der Waals surface area contributed by atoms with Gasteiger partial charge in [-0.25, -0.2) is 4.68 Å². The highest BCUT2D eigenvalue weighted by atomic mass is 16.5. The number of carbonyl (C=O) groups excluding carboxylic acids is 1. The fraction of sp³-hybridized carbons (Fsp3) is 0.185. The molecule has 3 aromatic carbocycles. The first-order chi connectivity index (χ1) is 16.5. The number of aromatic nitrogens is 2. The smallest absolute Gasteiger partial charge is 0.275 e. The van der Waals surface area contributed by atoms with Gasteiger partial charge >= 0.3 is 0 Å². The number of fused-ring (bicyclic) bond motifs is 1. The second-order valence-corrected chi connectivity index (χ2v) is 8.31. The molecule has 0 spiro atoms. The van der Waals surface area contributed by atoms with Gasteiger partial charge in [-0.2, -0.15) is 0 Å². The van der Waals surface area contributed by atoms with Crippen molar-refractivity contribution in [2.75, 3.05) is 13.7 Å². The number of benzene rings is 3. The number of nitrogens with zero attached hydrogens (tertiary/aromatic N) is 3. The van der Waals surface area contributed by atoms with Gasteiger partial charge < -0.3 is 14.7 Å². The highest BCUT2D eigenvalue weighted by Crippen LogP contribution is 2.24. The predicted octanol–water partition coefficient (Wildman–Crippen LogP) is 3.60. The molecule has 1 N–H and O–H groups in total. The molecule has 1 aliphatic heterocycles. The van der Waals surface area contributed by atoms with E-state index in [1.807, 2.05) is 59.3 Å². The molecular formula is C27H25N3O4. The minimum absolute atomic E-state index is 0.0511. The number of hydrogen-bond acceptors (Lipinski definition) is 4. The Hall–Kier alpha value is -4.26. The van der Waals surface area contributed by atoms with Crippen molar-refractivity contribution in [3.8, 4) is 17.2 Å². The lowest BCUT2D eigenvalue weighted by atomic mass is 10.1. The van der Waals surface area contributed by atoms with Crippen molar-refractivity contribution < 1.29 is 14.6 Å². The van der Waals surface area contributed by atoms with E-state index in [1.54, 1.807) is 28.8 Å². The van der Waals surface area contributed by atoms with Gasteiger partial charge in [0.15, 0.2) is 0 Å². The third-order valence-electron chi connectivity index (χ3n) is 6.20. The molecule has 2 heterocycles. The van der Waals surface area contributed by atoms with Crippen LogP contribution in [-0.2, 0) is 19.5 Å². The summed E-state index contributed by atoms with van der Waals surface area (Å²) in [6.45, 7) is 1.25. The zero-order valence-electron chi connectivity index (χ0n) is 18.8. The molecule has 0 saturated heterocycles. The van der Waals surface area contributed by atoms with E-state index in [0.29, 0.717) is 37.4 Å². The first-order valence-corrected chi connectivity index (χ1v) is 11.2. The molecule has 0 atom stereocenters. The molecule has 0 radical (unpaired) electrons. The Balaban J connectivity index is 1.58. The Bertz CT molecular complexity index is 1390. The van der Waals surface area contributed by atoms with Gasteiger partial charge in [0.05, 0.1) is 31.6 Å². The largest absolute Gasteiger partial charge is 0.508 e. The average molecular weight is 456 g/mol. The van der Waals surface area contributed by atoms with Crippen molar-refractivity contribution in [2.45, 2.75) is 19.5 Å². The van der Waals surface area contributed by atoms with E-state index in [1.165, 1.54) is 12.1 Å². The number of methoxy groups -OCH3 is 1. The lowest BCUT2D eigenvalue weighted by Gasteiger charge is -2.28. The summed E-state index contributed by atoms with van der Waals surface area (Å²) in [7, 11) is 1.61. The summed E-state index contributed by atoms with van der Waals surface area (Å²) in [6.07, 6.45) is 0.469. The summed E-state index contributed by atoms with van der Waals surface area (Å²) in [5.41, 5.74) is 3.70. The predicted molar refractivity (Wildman–Crippen MR) is 129 cm³/mol. The normalized spacial score (nSPS) is 12.9. The fourth-order valence-corrected chi connectivity index (χ4v) is 4.47. The Labute approximate surface area is 197 Å². The van der Waals surface area contributed by atoms with Crippen molar-refractivity contribution in [3.05, 3.63) is 112 Å². The molecule has 7 nitrogen and oxygen atoms in total. The molecule has 0 aliphatic carbocycles. The van der Waals surface area contributed by atoms with Crippen LogP contribution in [0.1, 0.15) is 27.2 Å². The zero-order valence-corrected chi connectivity index (χ0v) is 18.8. The van der Waals surface area contributed by atoms with Gasteiger partial charge in [-0.15, -0.1) is 0 Å². The second kappa shape index (κ2) is 8.94. The number of amides is 1. The van der Waals surface area contributed by atoms with Crippen LogP contribution in [0.2, 0.25) is 0 Å². The van der Waals surface area contributed by atoms with Crippen LogP contribution < -0.4 is 10.3 Å². The molecular weight excluding hydrogens is 430 g/mol. The van der Waals surface area contributed by atoms with Crippen molar-refractivity contribution in [1.29, 1.82) is 0 Å². The van der Waals surface area contributed by atoms with E-state index >= 15 is 0 Å². The lowest BCUT2D eigenvalue weighted by Crippen LogP contribution is -2.37. The summed E-state index contributed by atoms with van der Waals surface area (Å²) in [5.74, 6) is 0.596. The van der Waals surface area contributed by atoms with Crippen LogP contribution in [0.25, 0.3) is 5.69 Å². The van der Waals surface area contributed by atoms with E-state index in [2.05, 4.69) is 0 Å². The summed E-state index contributed by atoms with van der Waals surface area (Å²) in [5, 5.41) is 9.80. The topological polar surface area (TPSA) is 76.7 Å². The number of carbonyl (C=O) groups is 1. The molecule has 34 heavy (non-hydrogen) atoms. The number of hydrogen-bond donors (Lipinski definition) is 1. The highest BCUT2D eigenvalue weighted by Gasteiger charge is 2.29. The Morgan fingerprint density at radius 1 is 1.00 bits per heavy atom. The van der Waals surface area contributed by atoms with Gasteiger partial charge in [0.2, 0.25) is 0 Å². The van der Waals surface area contributed by atoms with Gasteiger partial charge in [0.1, 0.15) is 11.5 Å². The molecule has 0 bridgehead atoms. The van der Waals surface area contributed by atoms with E-state index < -0.39 is 0 Å². The summed E-state index contributed by atoms with van der Waals surface area (Å²) in [4.78, 5) is 28.4. The minimum Gasteiger partial charge on any atom is -0.508 e. The molecule has 1 aliphatic rings. The van der Waals surface area contributed by atoms with Crippen LogP contribution in [0.4, 0.5) is 0 Å². The Morgan fingerprint density at radius 2 is 1.76 bits per heavy atom. The maximum Gasteiger partial charge on any atom is 0.275 e. The van der Waals surface area contributed by atoms with Gasteiger partial charge in [0, 0.05) is 17.7 Å². The number of phenolic OH excluding ortho intramolecular Hbond substituents is 1. The monoisotopic (exact) mass is 455 g/mol.